The minimum atomic E-state index is -0.285. The van der Waals surface area contributed by atoms with E-state index in [1.807, 2.05) is 0 Å². The van der Waals surface area contributed by atoms with Gasteiger partial charge in [-0.3, -0.25) is 9.78 Å². The van der Waals surface area contributed by atoms with E-state index in [2.05, 4.69) is 21.5 Å². The van der Waals surface area contributed by atoms with Gasteiger partial charge < -0.3 is 10.3 Å². The fraction of sp³-hybridized carbons (Fsp3) is 0.125. The highest BCUT2D eigenvalue weighted by atomic mass is 16.1. The summed E-state index contributed by atoms with van der Waals surface area (Å²) in [5.41, 5.74) is 5.86. The highest BCUT2D eigenvalue weighted by Gasteiger charge is 2.07. The van der Waals surface area contributed by atoms with Crippen LogP contribution >= 0.6 is 0 Å². The zero-order valence-corrected chi connectivity index (χ0v) is 7.40. The first-order valence-electron chi connectivity index (χ1n) is 4.04. The van der Waals surface area contributed by atoms with Crippen molar-refractivity contribution in [1.82, 2.24) is 19.5 Å². The third-order valence-electron chi connectivity index (χ3n) is 1.83. The first-order chi connectivity index (χ1) is 6.72. The van der Waals surface area contributed by atoms with Crippen molar-refractivity contribution in [3.8, 4) is 0 Å². The maximum atomic E-state index is 11.5. The Morgan fingerprint density at radius 3 is 3.21 bits per heavy atom. The van der Waals surface area contributed by atoms with Gasteiger partial charge in [-0.2, -0.15) is 4.98 Å². The number of allylic oxidation sites excluding steroid dienone is 1. The number of nitrogens with one attached hydrogen (secondary N) is 1. The zero-order chi connectivity index (χ0) is 10.1. The molecule has 0 aliphatic rings. The molecule has 0 bridgehead atoms. The van der Waals surface area contributed by atoms with Crippen molar-refractivity contribution in [2.75, 3.05) is 5.73 Å². The molecule has 0 aliphatic heterocycles. The van der Waals surface area contributed by atoms with Crippen LogP contribution < -0.4 is 11.3 Å². The average Bonchev–Trinajstić information content (AvgIpc) is 2.49. The number of nitrogens with zero attached hydrogens (tertiary/aromatic N) is 3. The minimum Gasteiger partial charge on any atom is -0.369 e. The predicted octanol–water partition coefficient (Wildman–Crippen LogP) is -0.112. The number of aromatic nitrogens is 4. The number of nitrogens with two attached hydrogens (primary N) is 1. The van der Waals surface area contributed by atoms with E-state index < -0.39 is 0 Å². The van der Waals surface area contributed by atoms with Crippen molar-refractivity contribution in [2.45, 2.75) is 6.54 Å². The van der Waals surface area contributed by atoms with Gasteiger partial charge in [0.1, 0.15) is 0 Å². The summed E-state index contributed by atoms with van der Waals surface area (Å²) in [6.07, 6.45) is 3.21. The SMILES string of the molecule is C=CCn1cnc2nc(N)[nH]c(=O)c21. The number of aromatic amines is 1. The van der Waals surface area contributed by atoms with Crippen molar-refractivity contribution >= 4 is 17.1 Å². The number of H-pyrrole nitrogens is 1. The zero-order valence-electron chi connectivity index (χ0n) is 7.40. The predicted molar refractivity (Wildman–Crippen MR) is 52.8 cm³/mol. The van der Waals surface area contributed by atoms with Crippen molar-refractivity contribution in [2.24, 2.45) is 0 Å². The van der Waals surface area contributed by atoms with Crippen LogP contribution in [-0.2, 0) is 6.54 Å². The molecule has 3 N–H and O–H groups in total. The summed E-state index contributed by atoms with van der Waals surface area (Å²) in [6, 6.07) is 0. The van der Waals surface area contributed by atoms with E-state index in [1.165, 1.54) is 6.33 Å². The summed E-state index contributed by atoms with van der Waals surface area (Å²) in [5, 5.41) is 0. The normalized spacial score (nSPS) is 10.6. The number of hydrogen-bond acceptors (Lipinski definition) is 4. The van der Waals surface area contributed by atoms with E-state index >= 15 is 0 Å². The molecule has 2 aromatic rings. The van der Waals surface area contributed by atoms with Crippen LogP contribution in [0.2, 0.25) is 0 Å². The second kappa shape index (κ2) is 2.99. The lowest BCUT2D eigenvalue weighted by atomic mass is 10.5. The average molecular weight is 191 g/mol. The van der Waals surface area contributed by atoms with E-state index in [0.717, 1.165) is 0 Å². The molecule has 0 amide bonds. The standard InChI is InChI=1S/C8H9N5O/c1-2-3-13-4-10-6-5(13)7(14)12-8(9)11-6/h2,4H,1,3H2,(H3,9,11,12,14). The Balaban J connectivity index is 2.79. The van der Waals surface area contributed by atoms with E-state index in [1.54, 1.807) is 10.6 Å². The number of rotatable bonds is 2. The van der Waals surface area contributed by atoms with Crippen molar-refractivity contribution < 1.29 is 0 Å². The van der Waals surface area contributed by atoms with E-state index in [9.17, 15) is 4.79 Å². The van der Waals surface area contributed by atoms with Crippen LogP contribution in [0.5, 0.6) is 0 Å². The Morgan fingerprint density at radius 1 is 1.71 bits per heavy atom. The number of imidazole rings is 1. The van der Waals surface area contributed by atoms with Crippen LogP contribution in [0.1, 0.15) is 0 Å². The molecule has 0 aliphatic carbocycles. The lowest BCUT2D eigenvalue weighted by Gasteiger charge is -1.97. The van der Waals surface area contributed by atoms with Gasteiger partial charge in [-0.25, -0.2) is 4.98 Å². The third kappa shape index (κ3) is 1.17. The molecule has 0 spiro atoms. The molecule has 0 saturated heterocycles. The van der Waals surface area contributed by atoms with E-state index in [4.69, 9.17) is 5.73 Å². The maximum Gasteiger partial charge on any atom is 0.278 e. The number of hydrogen-bond donors (Lipinski definition) is 2. The lowest BCUT2D eigenvalue weighted by molar-refractivity contribution is 0.845. The molecule has 72 valence electrons. The Morgan fingerprint density at radius 2 is 2.50 bits per heavy atom. The van der Waals surface area contributed by atoms with Crippen LogP contribution in [0.15, 0.2) is 23.8 Å². The van der Waals surface area contributed by atoms with Gasteiger partial charge in [0.2, 0.25) is 5.95 Å². The Bertz CT molecular complexity index is 538. The Labute approximate surface area is 79.1 Å². The van der Waals surface area contributed by atoms with Gasteiger partial charge in [-0.15, -0.1) is 6.58 Å². The summed E-state index contributed by atoms with van der Waals surface area (Å²) in [5.74, 6) is 0.0753. The van der Waals surface area contributed by atoms with Gasteiger partial charge in [0.15, 0.2) is 11.2 Å². The lowest BCUT2D eigenvalue weighted by Crippen LogP contribution is -2.14. The Kier molecular flexibility index (Phi) is 1.81. The van der Waals surface area contributed by atoms with E-state index in [-0.39, 0.29) is 11.5 Å². The molecule has 2 rings (SSSR count). The van der Waals surface area contributed by atoms with Gasteiger partial charge in [-0.1, -0.05) is 6.08 Å². The molecule has 2 aromatic heterocycles. The second-order valence-electron chi connectivity index (χ2n) is 2.81. The number of fused-ring (bicyclic) bond motifs is 1. The van der Waals surface area contributed by atoms with Gasteiger partial charge in [0.05, 0.1) is 6.33 Å². The summed E-state index contributed by atoms with van der Waals surface area (Å²) in [6.45, 7) is 4.10. The van der Waals surface area contributed by atoms with E-state index in [0.29, 0.717) is 17.7 Å². The van der Waals surface area contributed by atoms with Gasteiger partial charge >= 0.3 is 0 Å². The summed E-state index contributed by atoms with van der Waals surface area (Å²) in [7, 11) is 0. The molecule has 6 nitrogen and oxygen atoms in total. The van der Waals surface area contributed by atoms with Crippen LogP contribution in [0.25, 0.3) is 11.2 Å². The summed E-state index contributed by atoms with van der Waals surface area (Å²) < 4.78 is 1.66. The third-order valence-corrected chi connectivity index (χ3v) is 1.83. The monoisotopic (exact) mass is 191 g/mol. The minimum absolute atomic E-state index is 0.0753. The smallest absolute Gasteiger partial charge is 0.278 e. The second-order valence-corrected chi connectivity index (χ2v) is 2.81. The molecule has 0 atom stereocenters. The fourth-order valence-corrected chi connectivity index (χ4v) is 1.28. The van der Waals surface area contributed by atoms with Gasteiger partial charge in [-0.05, 0) is 0 Å². The summed E-state index contributed by atoms with van der Waals surface area (Å²) in [4.78, 5) is 21.8. The Hall–Kier alpha value is -2.11. The molecular formula is C8H9N5O. The van der Waals surface area contributed by atoms with Gasteiger partial charge in [0.25, 0.3) is 5.56 Å². The van der Waals surface area contributed by atoms with Crippen LogP contribution in [0.4, 0.5) is 5.95 Å². The highest BCUT2D eigenvalue weighted by Crippen LogP contribution is 2.05. The first-order valence-corrected chi connectivity index (χ1v) is 4.04. The van der Waals surface area contributed by atoms with Crippen LogP contribution in [0, 0.1) is 0 Å². The summed E-state index contributed by atoms with van der Waals surface area (Å²) >= 11 is 0. The van der Waals surface area contributed by atoms with Crippen molar-refractivity contribution in [3.05, 3.63) is 29.3 Å². The molecule has 0 radical (unpaired) electrons. The molecule has 0 unspecified atom stereocenters. The topological polar surface area (TPSA) is 89.6 Å². The molecule has 0 saturated carbocycles. The first kappa shape index (κ1) is 8.49. The molecular weight excluding hydrogens is 182 g/mol. The number of anilines is 1. The van der Waals surface area contributed by atoms with Crippen molar-refractivity contribution in [3.63, 3.8) is 0 Å². The molecule has 0 fully saturated rings. The largest absolute Gasteiger partial charge is 0.369 e. The fourth-order valence-electron chi connectivity index (χ4n) is 1.28. The molecule has 14 heavy (non-hydrogen) atoms. The van der Waals surface area contributed by atoms with Crippen molar-refractivity contribution in [1.29, 1.82) is 0 Å². The molecule has 2 heterocycles. The number of nitrogen functional groups attached to an aromatic ring is 1. The molecule has 6 heteroatoms. The van der Waals surface area contributed by atoms with Gasteiger partial charge in [0, 0.05) is 6.54 Å². The molecule has 0 aromatic carbocycles. The highest BCUT2D eigenvalue weighted by molar-refractivity contribution is 5.70. The quantitative estimate of drug-likeness (QED) is 0.648. The van der Waals surface area contributed by atoms with Crippen LogP contribution in [-0.4, -0.2) is 19.5 Å². The van der Waals surface area contributed by atoms with Crippen LogP contribution in [0.3, 0.4) is 0 Å². The maximum absolute atomic E-state index is 11.5.